The largest absolute Gasteiger partial charge is 0.469 e. The van der Waals surface area contributed by atoms with Gasteiger partial charge in [-0.2, -0.15) is 0 Å². The molecule has 0 saturated carbocycles. The van der Waals surface area contributed by atoms with E-state index in [1.54, 1.807) is 0 Å². The molecule has 1 atom stereocenters. The molecule has 5 heteroatoms. The number of imidazole rings is 1. The van der Waals surface area contributed by atoms with Gasteiger partial charge in [0, 0.05) is 25.0 Å². The van der Waals surface area contributed by atoms with Crippen LogP contribution in [0.3, 0.4) is 0 Å². The van der Waals surface area contributed by atoms with Crippen molar-refractivity contribution in [2.24, 2.45) is 0 Å². The summed E-state index contributed by atoms with van der Waals surface area (Å²) in [6, 6.07) is 9.03. The highest BCUT2D eigenvalue weighted by molar-refractivity contribution is 7.71. The number of esters is 1. The highest BCUT2D eigenvalue weighted by Gasteiger charge is 2.20. The third-order valence-corrected chi connectivity index (χ3v) is 4.82. The van der Waals surface area contributed by atoms with Crippen molar-refractivity contribution in [1.29, 1.82) is 0 Å². The van der Waals surface area contributed by atoms with Gasteiger partial charge in [-0.1, -0.05) is 24.3 Å². The number of fused-ring (bicyclic) bond motifs is 1. The van der Waals surface area contributed by atoms with Crippen molar-refractivity contribution in [2.75, 3.05) is 7.11 Å². The van der Waals surface area contributed by atoms with Crippen LogP contribution in [-0.2, 0) is 28.9 Å². The van der Waals surface area contributed by atoms with Gasteiger partial charge in [-0.25, -0.2) is 0 Å². The summed E-state index contributed by atoms with van der Waals surface area (Å²) in [6.07, 6.45) is 7.57. The van der Waals surface area contributed by atoms with Gasteiger partial charge in [-0.3, -0.25) is 4.79 Å². The zero-order valence-electron chi connectivity index (χ0n) is 12.7. The number of nitrogens with zero attached hydrogens (tertiary/aromatic N) is 2. The van der Waals surface area contributed by atoms with Gasteiger partial charge < -0.3 is 13.9 Å². The maximum Gasteiger partial charge on any atom is 0.307 e. The molecule has 1 aromatic carbocycles. The molecule has 0 N–H and O–H groups in total. The van der Waals surface area contributed by atoms with Crippen LogP contribution in [0.25, 0.3) is 0 Å². The molecule has 1 heterocycles. The van der Waals surface area contributed by atoms with Crippen LogP contribution < -0.4 is 0 Å². The highest BCUT2D eigenvalue weighted by Crippen LogP contribution is 2.29. The quantitative estimate of drug-likeness (QED) is 0.641. The van der Waals surface area contributed by atoms with E-state index >= 15 is 0 Å². The Morgan fingerprint density at radius 1 is 1.32 bits per heavy atom. The van der Waals surface area contributed by atoms with Crippen LogP contribution in [0.1, 0.15) is 30.0 Å². The van der Waals surface area contributed by atoms with Crippen LogP contribution in [0.15, 0.2) is 36.7 Å². The Morgan fingerprint density at radius 3 is 2.86 bits per heavy atom. The second-order valence-corrected chi connectivity index (χ2v) is 6.04. The fraction of sp³-hybridized carbons (Fsp3) is 0.412. The van der Waals surface area contributed by atoms with E-state index in [2.05, 4.69) is 33.6 Å². The third kappa shape index (κ3) is 2.99. The van der Waals surface area contributed by atoms with Gasteiger partial charge >= 0.3 is 5.97 Å². The summed E-state index contributed by atoms with van der Waals surface area (Å²) in [6.45, 7) is 0.571. The van der Waals surface area contributed by atoms with Crippen LogP contribution in [0, 0.1) is 4.77 Å². The number of rotatable bonds is 4. The molecule has 0 bridgehead atoms. The van der Waals surface area contributed by atoms with Gasteiger partial charge in [0.15, 0.2) is 4.77 Å². The van der Waals surface area contributed by atoms with Crippen molar-refractivity contribution in [2.45, 2.75) is 38.3 Å². The average molecular weight is 316 g/mol. The molecule has 2 aromatic rings. The molecule has 1 aromatic heterocycles. The van der Waals surface area contributed by atoms with Crippen LogP contribution in [0.4, 0.5) is 0 Å². The van der Waals surface area contributed by atoms with Crippen molar-refractivity contribution >= 4 is 18.2 Å². The first kappa shape index (κ1) is 15.0. The predicted octanol–water partition coefficient (Wildman–Crippen LogP) is 3.31. The van der Waals surface area contributed by atoms with E-state index in [0.29, 0.717) is 19.0 Å². The first-order chi connectivity index (χ1) is 10.7. The predicted molar refractivity (Wildman–Crippen MR) is 87.4 cm³/mol. The Labute approximate surface area is 135 Å². The molecule has 0 spiro atoms. The second kappa shape index (κ2) is 6.48. The van der Waals surface area contributed by atoms with E-state index in [4.69, 9.17) is 12.2 Å². The second-order valence-electron chi connectivity index (χ2n) is 5.67. The number of aryl methyl sites for hydroxylation is 2. The first-order valence-electron chi connectivity index (χ1n) is 7.60. The minimum Gasteiger partial charge on any atom is -0.469 e. The number of carbonyl (C=O) groups is 1. The van der Waals surface area contributed by atoms with E-state index in [1.165, 1.54) is 18.2 Å². The number of methoxy groups -OCH3 is 1. The SMILES string of the molecule is COC(=O)CCn1ccn(C2CCc3ccccc3C2)c1=S. The standard InChI is InChI=1S/C17H20N2O2S/c1-21-16(20)8-9-18-10-11-19(17(18)22)15-7-6-13-4-2-3-5-14(13)12-15/h2-5,10-11,15H,6-9,12H2,1H3. The Kier molecular flexibility index (Phi) is 4.43. The van der Waals surface area contributed by atoms with Crippen molar-refractivity contribution < 1.29 is 9.53 Å². The van der Waals surface area contributed by atoms with Crippen molar-refractivity contribution in [3.05, 3.63) is 52.6 Å². The van der Waals surface area contributed by atoms with E-state index < -0.39 is 0 Å². The number of hydrogen-bond donors (Lipinski definition) is 0. The zero-order valence-corrected chi connectivity index (χ0v) is 13.5. The molecule has 4 nitrogen and oxygen atoms in total. The highest BCUT2D eigenvalue weighted by atomic mass is 32.1. The van der Waals surface area contributed by atoms with E-state index in [1.807, 2.05) is 17.0 Å². The number of benzene rings is 1. The van der Waals surface area contributed by atoms with Gasteiger partial charge in [0.25, 0.3) is 0 Å². The number of carbonyl (C=O) groups excluding carboxylic acids is 1. The topological polar surface area (TPSA) is 36.2 Å². The lowest BCUT2D eigenvalue weighted by atomic mass is 9.88. The number of aromatic nitrogens is 2. The molecular formula is C17H20N2O2S. The Hall–Kier alpha value is -1.88. The van der Waals surface area contributed by atoms with Gasteiger partial charge in [0.1, 0.15) is 0 Å². The molecule has 1 unspecified atom stereocenters. The van der Waals surface area contributed by atoms with Gasteiger partial charge in [0.2, 0.25) is 0 Å². The lowest BCUT2D eigenvalue weighted by Gasteiger charge is -2.25. The summed E-state index contributed by atoms with van der Waals surface area (Å²) in [5, 5.41) is 0. The van der Waals surface area contributed by atoms with Crippen molar-refractivity contribution in [1.82, 2.24) is 9.13 Å². The Bertz CT molecular complexity index is 732. The van der Waals surface area contributed by atoms with E-state index in [0.717, 1.165) is 24.0 Å². The van der Waals surface area contributed by atoms with Crippen molar-refractivity contribution in [3.8, 4) is 0 Å². The lowest BCUT2D eigenvalue weighted by molar-refractivity contribution is -0.140. The lowest BCUT2D eigenvalue weighted by Crippen LogP contribution is -2.18. The van der Waals surface area contributed by atoms with Crippen LogP contribution in [0.5, 0.6) is 0 Å². The van der Waals surface area contributed by atoms with Crippen molar-refractivity contribution in [3.63, 3.8) is 0 Å². The molecule has 0 saturated heterocycles. The van der Waals surface area contributed by atoms with Crippen LogP contribution in [-0.4, -0.2) is 22.2 Å². The first-order valence-corrected chi connectivity index (χ1v) is 8.00. The summed E-state index contributed by atoms with van der Waals surface area (Å²) in [5.74, 6) is -0.207. The molecule has 1 aliphatic carbocycles. The van der Waals surface area contributed by atoms with E-state index in [9.17, 15) is 4.79 Å². The van der Waals surface area contributed by atoms with E-state index in [-0.39, 0.29) is 5.97 Å². The maximum absolute atomic E-state index is 11.3. The molecule has 116 valence electrons. The summed E-state index contributed by atoms with van der Waals surface area (Å²) >= 11 is 5.57. The molecule has 1 aliphatic rings. The van der Waals surface area contributed by atoms with Crippen LogP contribution >= 0.6 is 12.2 Å². The molecular weight excluding hydrogens is 296 g/mol. The normalized spacial score (nSPS) is 17.0. The molecule has 0 radical (unpaired) electrons. The summed E-state index contributed by atoms with van der Waals surface area (Å²) in [7, 11) is 1.41. The Morgan fingerprint density at radius 2 is 2.09 bits per heavy atom. The smallest absolute Gasteiger partial charge is 0.307 e. The summed E-state index contributed by atoms with van der Waals surface area (Å²) < 4.78 is 9.59. The number of ether oxygens (including phenoxy) is 1. The minimum absolute atomic E-state index is 0.207. The molecule has 3 rings (SSSR count). The van der Waals surface area contributed by atoms with Gasteiger partial charge in [-0.15, -0.1) is 0 Å². The molecule has 0 aliphatic heterocycles. The Balaban J connectivity index is 1.75. The zero-order chi connectivity index (χ0) is 15.5. The molecule has 22 heavy (non-hydrogen) atoms. The van der Waals surface area contributed by atoms with Crippen LogP contribution in [0.2, 0.25) is 0 Å². The maximum atomic E-state index is 11.3. The number of hydrogen-bond acceptors (Lipinski definition) is 3. The fourth-order valence-electron chi connectivity index (χ4n) is 3.11. The summed E-state index contributed by atoms with van der Waals surface area (Å²) in [5.41, 5.74) is 2.87. The van der Waals surface area contributed by atoms with Gasteiger partial charge in [0.05, 0.1) is 13.5 Å². The molecule has 0 amide bonds. The van der Waals surface area contributed by atoms with Gasteiger partial charge in [-0.05, 0) is 42.6 Å². The fourth-order valence-corrected chi connectivity index (χ4v) is 3.47. The summed E-state index contributed by atoms with van der Waals surface area (Å²) in [4.78, 5) is 11.3. The monoisotopic (exact) mass is 316 g/mol. The third-order valence-electron chi connectivity index (χ3n) is 4.37. The molecule has 0 fully saturated rings. The minimum atomic E-state index is -0.207. The average Bonchev–Trinajstić information content (AvgIpc) is 2.93.